The summed E-state index contributed by atoms with van der Waals surface area (Å²) in [6.07, 6.45) is 2.51. The van der Waals surface area contributed by atoms with Crippen molar-refractivity contribution in [2.75, 3.05) is 10.6 Å². The van der Waals surface area contributed by atoms with Crippen LogP contribution < -0.4 is 10.6 Å². The van der Waals surface area contributed by atoms with E-state index in [4.69, 9.17) is 0 Å². The second kappa shape index (κ2) is 10.00. The van der Waals surface area contributed by atoms with Crippen molar-refractivity contribution in [1.82, 2.24) is 0 Å². The van der Waals surface area contributed by atoms with E-state index in [-0.39, 0.29) is 5.69 Å². The molecule has 146 valence electrons. The molecular weight excluding hydrogens is 353 g/mol. The van der Waals surface area contributed by atoms with Gasteiger partial charge in [-0.3, -0.25) is 0 Å². The van der Waals surface area contributed by atoms with Crippen molar-refractivity contribution in [1.29, 1.82) is 0 Å². The fourth-order valence-electron chi connectivity index (χ4n) is 2.81. The van der Waals surface area contributed by atoms with Crippen molar-refractivity contribution in [2.24, 2.45) is 0 Å². The van der Waals surface area contributed by atoms with Gasteiger partial charge in [0.15, 0.2) is 0 Å². The number of carbonyl (C=O) groups excluding carboxylic acids is 1. The minimum atomic E-state index is -4.53. The number of urea groups is 1. The van der Waals surface area contributed by atoms with Gasteiger partial charge in [0.05, 0.1) is 11.3 Å². The summed E-state index contributed by atoms with van der Waals surface area (Å²) in [4.78, 5) is 12.0. The number of alkyl halides is 3. The standard InChI is InChI=1S/C21H25F3N2O/c1-2-3-4-5-6-9-16-12-14-17(15-13-16)25-20(27)26-19-11-8-7-10-18(19)21(22,23)24/h7-8,10-15H,2-6,9H2,1H3,(H2,25,26,27). The number of benzene rings is 2. The summed E-state index contributed by atoms with van der Waals surface area (Å²) >= 11 is 0. The van der Waals surface area contributed by atoms with Gasteiger partial charge in [-0.05, 0) is 42.7 Å². The van der Waals surface area contributed by atoms with Crippen LogP contribution in [0.5, 0.6) is 0 Å². The van der Waals surface area contributed by atoms with Gasteiger partial charge in [-0.2, -0.15) is 13.2 Å². The average Bonchev–Trinajstić information content (AvgIpc) is 2.62. The maximum atomic E-state index is 13.0. The van der Waals surface area contributed by atoms with E-state index in [0.717, 1.165) is 18.9 Å². The van der Waals surface area contributed by atoms with Crippen molar-refractivity contribution in [2.45, 2.75) is 51.6 Å². The van der Waals surface area contributed by atoms with Crippen LogP contribution in [0.2, 0.25) is 0 Å². The average molecular weight is 378 g/mol. The number of unbranched alkanes of at least 4 members (excludes halogenated alkanes) is 4. The highest BCUT2D eigenvalue weighted by atomic mass is 19.4. The highest BCUT2D eigenvalue weighted by molar-refractivity contribution is 6.00. The summed E-state index contributed by atoms with van der Waals surface area (Å²) in [6.45, 7) is 2.18. The molecule has 0 saturated heterocycles. The van der Waals surface area contributed by atoms with Crippen molar-refractivity contribution < 1.29 is 18.0 Å². The Morgan fingerprint density at radius 3 is 2.22 bits per heavy atom. The first-order chi connectivity index (χ1) is 12.9. The van der Waals surface area contributed by atoms with Gasteiger partial charge in [0.2, 0.25) is 0 Å². The van der Waals surface area contributed by atoms with Crippen LogP contribution in [-0.2, 0) is 12.6 Å². The van der Waals surface area contributed by atoms with Crippen molar-refractivity contribution in [3.05, 3.63) is 59.7 Å². The van der Waals surface area contributed by atoms with Crippen LogP contribution in [0.1, 0.15) is 50.2 Å². The van der Waals surface area contributed by atoms with E-state index in [0.29, 0.717) is 5.69 Å². The molecule has 0 fully saturated rings. The summed E-state index contributed by atoms with van der Waals surface area (Å²) in [6, 6.07) is 11.6. The zero-order chi connectivity index (χ0) is 19.7. The zero-order valence-electron chi connectivity index (χ0n) is 15.4. The Morgan fingerprint density at radius 1 is 0.889 bits per heavy atom. The summed E-state index contributed by atoms with van der Waals surface area (Å²) in [5, 5.41) is 4.83. The monoisotopic (exact) mass is 378 g/mol. The third kappa shape index (κ3) is 6.96. The zero-order valence-corrected chi connectivity index (χ0v) is 15.4. The molecule has 2 aromatic rings. The first-order valence-electron chi connectivity index (χ1n) is 9.23. The molecule has 3 nitrogen and oxygen atoms in total. The number of anilines is 2. The first kappa shape index (κ1) is 20.8. The van der Waals surface area contributed by atoms with E-state index in [9.17, 15) is 18.0 Å². The fraction of sp³-hybridized carbons (Fsp3) is 0.381. The Kier molecular flexibility index (Phi) is 7.70. The predicted molar refractivity (Wildman–Crippen MR) is 103 cm³/mol. The molecule has 2 rings (SSSR count). The third-order valence-corrected chi connectivity index (χ3v) is 4.26. The maximum Gasteiger partial charge on any atom is 0.418 e. The topological polar surface area (TPSA) is 41.1 Å². The van der Waals surface area contributed by atoms with E-state index < -0.39 is 17.8 Å². The summed E-state index contributed by atoms with van der Waals surface area (Å²) in [5.41, 5.74) is 0.566. The van der Waals surface area contributed by atoms with Gasteiger partial charge in [-0.25, -0.2) is 4.79 Å². The Morgan fingerprint density at radius 2 is 1.56 bits per heavy atom. The smallest absolute Gasteiger partial charge is 0.308 e. The molecule has 2 aromatic carbocycles. The lowest BCUT2D eigenvalue weighted by atomic mass is 10.1. The van der Waals surface area contributed by atoms with Gasteiger partial charge < -0.3 is 10.6 Å². The van der Waals surface area contributed by atoms with E-state index in [1.54, 1.807) is 12.1 Å². The maximum absolute atomic E-state index is 13.0. The van der Waals surface area contributed by atoms with Crippen LogP contribution in [0.25, 0.3) is 0 Å². The lowest BCUT2D eigenvalue weighted by Gasteiger charge is -2.14. The summed E-state index contributed by atoms with van der Waals surface area (Å²) in [7, 11) is 0. The molecule has 0 heterocycles. The van der Waals surface area contributed by atoms with E-state index >= 15 is 0 Å². The molecule has 2 amide bonds. The third-order valence-electron chi connectivity index (χ3n) is 4.26. The molecule has 0 aliphatic carbocycles. The van der Waals surface area contributed by atoms with Gasteiger partial charge >= 0.3 is 12.2 Å². The van der Waals surface area contributed by atoms with Gasteiger partial charge in [0.1, 0.15) is 0 Å². The molecule has 0 aromatic heterocycles. The molecule has 0 unspecified atom stereocenters. The van der Waals surface area contributed by atoms with Gasteiger partial charge in [0, 0.05) is 5.69 Å². The highest BCUT2D eigenvalue weighted by Gasteiger charge is 2.33. The van der Waals surface area contributed by atoms with Crippen LogP contribution in [0, 0.1) is 0 Å². The number of halogens is 3. The number of para-hydroxylation sites is 1. The number of hydrogen-bond acceptors (Lipinski definition) is 1. The van der Waals surface area contributed by atoms with Crippen LogP contribution in [0.4, 0.5) is 29.3 Å². The summed E-state index contributed by atoms with van der Waals surface area (Å²) < 4.78 is 38.9. The normalized spacial score (nSPS) is 11.3. The minimum absolute atomic E-state index is 0.272. The molecule has 6 heteroatoms. The van der Waals surface area contributed by atoms with Crippen molar-refractivity contribution >= 4 is 17.4 Å². The SMILES string of the molecule is CCCCCCCc1ccc(NC(=O)Nc2ccccc2C(F)(F)F)cc1. The number of amides is 2. The molecule has 0 atom stereocenters. The minimum Gasteiger partial charge on any atom is -0.308 e. The van der Waals surface area contributed by atoms with Gasteiger partial charge in [-0.15, -0.1) is 0 Å². The Hall–Kier alpha value is -2.50. The number of nitrogens with one attached hydrogen (secondary N) is 2. The molecule has 0 saturated carbocycles. The predicted octanol–water partition coefficient (Wildman–Crippen LogP) is 6.86. The van der Waals surface area contributed by atoms with E-state index in [1.807, 2.05) is 12.1 Å². The number of hydrogen-bond donors (Lipinski definition) is 2. The van der Waals surface area contributed by atoms with Crippen LogP contribution in [-0.4, -0.2) is 6.03 Å². The first-order valence-corrected chi connectivity index (χ1v) is 9.23. The molecule has 0 radical (unpaired) electrons. The molecule has 0 spiro atoms. The lowest BCUT2D eigenvalue weighted by Crippen LogP contribution is -2.21. The molecule has 0 aliphatic rings. The van der Waals surface area contributed by atoms with Crippen molar-refractivity contribution in [3.63, 3.8) is 0 Å². The number of rotatable bonds is 8. The van der Waals surface area contributed by atoms with Crippen LogP contribution in [0.3, 0.4) is 0 Å². The van der Waals surface area contributed by atoms with Crippen molar-refractivity contribution in [3.8, 4) is 0 Å². The largest absolute Gasteiger partial charge is 0.418 e. The Bertz CT molecular complexity index is 727. The number of carbonyl (C=O) groups is 1. The molecule has 27 heavy (non-hydrogen) atoms. The molecular formula is C21H25F3N2O. The quantitative estimate of drug-likeness (QED) is 0.484. The molecule has 0 bridgehead atoms. The second-order valence-corrected chi connectivity index (χ2v) is 6.48. The molecule has 0 aliphatic heterocycles. The number of aryl methyl sites for hydroxylation is 1. The second-order valence-electron chi connectivity index (χ2n) is 6.48. The summed E-state index contributed by atoms with van der Waals surface area (Å²) in [5.74, 6) is 0. The highest BCUT2D eigenvalue weighted by Crippen LogP contribution is 2.34. The van der Waals surface area contributed by atoms with Crippen LogP contribution >= 0.6 is 0 Å². The Labute approximate surface area is 158 Å². The van der Waals surface area contributed by atoms with Gasteiger partial charge in [-0.1, -0.05) is 56.9 Å². The fourth-order valence-corrected chi connectivity index (χ4v) is 2.81. The molecule has 2 N–H and O–H groups in total. The van der Waals surface area contributed by atoms with E-state index in [1.165, 1.54) is 49.4 Å². The van der Waals surface area contributed by atoms with E-state index in [2.05, 4.69) is 17.6 Å². The van der Waals surface area contributed by atoms with Crippen LogP contribution in [0.15, 0.2) is 48.5 Å². The van der Waals surface area contributed by atoms with Gasteiger partial charge in [0.25, 0.3) is 0 Å². The lowest BCUT2D eigenvalue weighted by molar-refractivity contribution is -0.136. The Balaban J connectivity index is 1.88.